The molecule has 2 rings (SSSR count). The number of anilines is 2. The van der Waals surface area contributed by atoms with Gasteiger partial charge in [0.05, 0.1) is 15.4 Å². The summed E-state index contributed by atoms with van der Waals surface area (Å²) < 4.78 is 60.4. The van der Waals surface area contributed by atoms with Crippen molar-refractivity contribution in [1.29, 1.82) is 0 Å². The normalized spacial score (nSPS) is 11.9. The molecule has 1 aromatic heterocycles. The van der Waals surface area contributed by atoms with Crippen LogP contribution in [-0.2, 0) is 16.0 Å². The second-order valence-corrected chi connectivity index (χ2v) is 7.51. The van der Waals surface area contributed by atoms with Gasteiger partial charge in [-0.25, -0.2) is 13.4 Å². The fourth-order valence-corrected chi connectivity index (χ4v) is 2.74. The highest BCUT2D eigenvalue weighted by Crippen LogP contribution is 2.29. The third-order valence-corrected chi connectivity index (χ3v) is 4.54. The third kappa shape index (κ3) is 5.54. The summed E-state index contributed by atoms with van der Waals surface area (Å²) in [6, 6.07) is 5.55. The standard InChI is InChI=1S/C15H15F3N4O4S/c1-27(25,26)11-3-4-12(13(8-11)22(23)24)19-6-7-20-14-5-2-10(9-21-14)15(16,17)18/h2-5,8-9,19H,6-7H2,1H3,(H,20,21). The SMILES string of the molecule is CS(=O)(=O)c1ccc(NCCNc2ccc(C(F)(F)F)cn2)c([N+](=O)[O-])c1. The van der Waals surface area contributed by atoms with Crippen molar-refractivity contribution in [1.82, 2.24) is 4.98 Å². The van der Waals surface area contributed by atoms with Gasteiger partial charge in [0, 0.05) is 31.6 Å². The number of nitrogens with zero attached hydrogens (tertiary/aromatic N) is 2. The second kappa shape index (κ2) is 7.78. The van der Waals surface area contributed by atoms with E-state index >= 15 is 0 Å². The maximum absolute atomic E-state index is 12.5. The Hall–Kier alpha value is -2.89. The maximum atomic E-state index is 12.5. The zero-order chi connectivity index (χ0) is 20.2. The number of halogens is 3. The molecule has 8 nitrogen and oxygen atoms in total. The molecule has 0 spiro atoms. The van der Waals surface area contributed by atoms with E-state index in [2.05, 4.69) is 15.6 Å². The Morgan fingerprint density at radius 3 is 2.33 bits per heavy atom. The molecule has 146 valence electrons. The lowest BCUT2D eigenvalue weighted by Gasteiger charge is -2.10. The predicted octanol–water partition coefficient (Wildman–Crippen LogP) is 2.94. The van der Waals surface area contributed by atoms with Gasteiger partial charge in [-0.3, -0.25) is 10.1 Å². The molecule has 0 aliphatic carbocycles. The highest BCUT2D eigenvalue weighted by atomic mass is 32.2. The van der Waals surface area contributed by atoms with Gasteiger partial charge in [0.25, 0.3) is 5.69 Å². The van der Waals surface area contributed by atoms with Crippen molar-refractivity contribution in [3.05, 3.63) is 52.2 Å². The Balaban J connectivity index is 1.98. The molecule has 0 unspecified atom stereocenters. The van der Waals surface area contributed by atoms with Gasteiger partial charge in [-0.2, -0.15) is 13.2 Å². The number of sulfone groups is 1. The molecular formula is C15H15F3N4O4S. The van der Waals surface area contributed by atoms with Crippen LogP contribution in [0.1, 0.15) is 5.56 Å². The summed E-state index contributed by atoms with van der Waals surface area (Å²) in [5.41, 5.74) is -1.15. The second-order valence-electron chi connectivity index (χ2n) is 5.49. The summed E-state index contributed by atoms with van der Waals surface area (Å²) in [7, 11) is -3.58. The van der Waals surface area contributed by atoms with Gasteiger partial charge in [0.1, 0.15) is 11.5 Å². The molecule has 2 aromatic rings. The van der Waals surface area contributed by atoms with Crippen LogP contribution in [0.4, 0.5) is 30.4 Å². The molecule has 1 aromatic carbocycles. The number of nitro benzene ring substituents is 1. The average Bonchev–Trinajstić information content (AvgIpc) is 2.57. The molecule has 0 radical (unpaired) electrons. The molecule has 12 heteroatoms. The summed E-state index contributed by atoms with van der Waals surface area (Å²) in [6.07, 6.45) is -2.82. The van der Waals surface area contributed by atoms with Crippen molar-refractivity contribution in [3.8, 4) is 0 Å². The Morgan fingerprint density at radius 1 is 1.15 bits per heavy atom. The van der Waals surface area contributed by atoms with E-state index in [9.17, 15) is 31.7 Å². The van der Waals surface area contributed by atoms with Crippen LogP contribution in [0.25, 0.3) is 0 Å². The Kier molecular flexibility index (Phi) is 5.88. The Labute approximate surface area is 152 Å². The molecule has 0 bridgehead atoms. The summed E-state index contributed by atoms with van der Waals surface area (Å²) in [6.45, 7) is 0.394. The maximum Gasteiger partial charge on any atom is 0.417 e. The van der Waals surface area contributed by atoms with E-state index < -0.39 is 32.2 Å². The molecule has 2 N–H and O–H groups in total. The van der Waals surface area contributed by atoms with Gasteiger partial charge in [-0.1, -0.05) is 0 Å². The van der Waals surface area contributed by atoms with Crippen molar-refractivity contribution in [2.45, 2.75) is 11.1 Å². The van der Waals surface area contributed by atoms with Gasteiger partial charge >= 0.3 is 6.18 Å². The lowest BCUT2D eigenvalue weighted by Crippen LogP contribution is -2.15. The molecular weight excluding hydrogens is 389 g/mol. The van der Waals surface area contributed by atoms with Crippen LogP contribution in [0.3, 0.4) is 0 Å². The largest absolute Gasteiger partial charge is 0.417 e. The minimum atomic E-state index is -4.47. The summed E-state index contributed by atoms with van der Waals surface area (Å²) in [5, 5.41) is 16.7. The smallest absolute Gasteiger partial charge is 0.378 e. The highest BCUT2D eigenvalue weighted by Gasteiger charge is 2.30. The van der Waals surface area contributed by atoms with Crippen molar-refractivity contribution >= 4 is 27.0 Å². The number of hydrogen-bond acceptors (Lipinski definition) is 7. The van der Waals surface area contributed by atoms with Crippen molar-refractivity contribution in [3.63, 3.8) is 0 Å². The molecule has 0 saturated heterocycles. The predicted molar refractivity (Wildman–Crippen MR) is 92.4 cm³/mol. The van der Waals surface area contributed by atoms with Gasteiger partial charge < -0.3 is 10.6 Å². The van der Waals surface area contributed by atoms with Gasteiger partial charge in [0.15, 0.2) is 9.84 Å². The van der Waals surface area contributed by atoms with Gasteiger partial charge in [0.2, 0.25) is 0 Å². The molecule has 0 aliphatic heterocycles. The molecule has 0 aliphatic rings. The summed E-state index contributed by atoms with van der Waals surface area (Å²) in [4.78, 5) is 13.9. The van der Waals surface area contributed by atoms with E-state index in [1.54, 1.807) is 0 Å². The van der Waals surface area contributed by atoms with Crippen LogP contribution in [-0.4, -0.2) is 37.7 Å². The number of alkyl halides is 3. The molecule has 0 amide bonds. The van der Waals surface area contributed by atoms with Crippen molar-refractivity contribution < 1.29 is 26.5 Å². The van der Waals surface area contributed by atoms with Gasteiger partial charge in [-0.15, -0.1) is 0 Å². The number of nitro groups is 1. The van der Waals surface area contributed by atoms with Crippen LogP contribution < -0.4 is 10.6 Å². The van der Waals surface area contributed by atoms with E-state index in [-0.39, 0.29) is 29.5 Å². The molecule has 0 fully saturated rings. The van der Waals surface area contributed by atoms with E-state index in [0.717, 1.165) is 18.4 Å². The van der Waals surface area contributed by atoms with E-state index in [4.69, 9.17) is 0 Å². The summed E-state index contributed by atoms with van der Waals surface area (Å²) >= 11 is 0. The average molecular weight is 404 g/mol. The van der Waals surface area contributed by atoms with E-state index in [1.165, 1.54) is 18.2 Å². The number of hydrogen-bond donors (Lipinski definition) is 2. The van der Waals surface area contributed by atoms with Crippen molar-refractivity contribution in [2.75, 3.05) is 30.0 Å². The van der Waals surface area contributed by atoms with E-state index in [0.29, 0.717) is 6.20 Å². The number of rotatable bonds is 7. The number of nitrogens with one attached hydrogen (secondary N) is 2. The fraction of sp³-hybridized carbons (Fsp3) is 0.267. The summed E-state index contributed by atoms with van der Waals surface area (Å²) in [5.74, 6) is 0.215. The topological polar surface area (TPSA) is 114 Å². The van der Waals surface area contributed by atoms with Crippen LogP contribution in [0.15, 0.2) is 41.4 Å². The van der Waals surface area contributed by atoms with Crippen LogP contribution in [0.2, 0.25) is 0 Å². The fourth-order valence-electron chi connectivity index (χ4n) is 2.10. The minimum absolute atomic E-state index is 0.120. The zero-order valence-electron chi connectivity index (χ0n) is 13.9. The third-order valence-electron chi connectivity index (χ3n) is 3.43. The first-order valence-corrected chi connectivity index (χ1v) is 9.37. The molecule has 1 heterocycles. The van der Waals surface area contributed by atoms with Crippen LogP contribution in [0, 0.1) is 10.1 Å². The highest BCUT2D eigenvalue weighted by molar-refractivity contribution is 7.90. The van der Waals surface area contributed by atoms with E-state index in [1.807, 2.05) is 0 Å². The lowest BCUT2D eigenvalue weighted by atomic mass is 10.2. The number of benzene rings is 1. The number of pyridine rings is 1. The van der Waals surface area contributed by atoms with Gasteiger partial charge in [-0.05, 0) is 24.3 Å². The first kappa shape index (κ1) is 20.4. The Morgan fingerprint density at radius 2 is 1.81 bits per heavy atom. The Bertz CT molecular complexity index is 931. The van der Waals surface area contributed by atoms with Crippen LogP contribution >= 0.6 is 0 Å². The lowest BCUT2D eigenvalue weighted by molar-refractivity contribution is -0.384. The number of aromatic nitrogens is 1. The first-order chi connectivity index (χ1) is 12.5. The molecule has 0 atom stereocenters. The van der Waals surface area contributed by atoms with Crippen molar-refractivity contribution in [2.24, 2.45) is 0 Å². The quantitative estimate of drug-likeness (QED) is 0.414. The molecule has 0 saturated carbocycles. The van der Waals surface area contributed by atoms with Crippen LogP contribution in [0.5, 0.6) is 0 Å². The minimum Gasteiger partial charge on any atom is -0.378 e. The monoisotopic (exact) mass is 404 g/mol. The first-order valence-electron chi connectivity index (χ1n) is 7.48. The zero-order valence-corrected chi connectivity index (χ0v) is 14.8. The molecule has 27 heavy (non-hydrogen) atoms.